The van der Waals surface area contributed by atoms with Crippen LogP contribution in [-0.4, -0.2) is 52.0 Å². The van der Waals surface area contributed by atoms with E-state index >= 15 is 0 Å². The first-order chi connectivity index (χ1) is 32.1. The van der Waals surface area contributed by atoms with Gasteiger partial charge in [-0.1, -0.05) is 28.1 Å². The maximum atomic E-state index is 10.9. The Bertz CT molecular complexity index is 2880. The molecule has 1 amide bonds. The number of anilines is 4. The topological polar surface area (TPSA) is 226 Å². The molecule has 16 heteroatoms. The Hall–Kier alpha value is -7.28. The van der Waals surface area contributed by atoms with Gasteiger partial charge in [0.1, 0.15) is 23.3 Å². The number of pyridine rings is 4. The molecule has 0 atom stereocenters. The number of hydrogen-bond acceptors (Lipinski definition) is 13. The van der Waals surface area contributed by atoms with Crippen molar-refractivity contribution in [3.8, 4) is 6.07 Å². The number of nitrogens with two attached hydrogens (primary N) is 1. The number of nitrogens with zero attached hydrogens (tertiary/aromatic N) is 7. The summed E-state index contributed by atoms with van der Waals surface area (Å²) >= 11 is 3.44. The number of carbonyl (C=O) groups is 1. The Balaban J connectivity index is 0.000000299. The molecule has 0 radical (unpaired) electrons. The Morgan fingerprint density at radius 3 is 1.30 bits per heavy atom. The Labute approximate surface area is 414 Å². The van der Waals surface area contributed by atoms with E-state index in [1.807, 2.05) is 105 Å². The molecule has 0 unspecified atom stereocenters. The van der Waals surface area contributed by atoms with Gasteiger partial charge >= 0.3 is 19.5 Å². The molecule has 0 fully saturated rings. The number of rotatable bonds is 11. The van der Waals surface area contributed by atoms with E-state index in [9.17, 15) is 4.79 Å². The van der Waals surface area contributed by atoms with Crippen molar-refractivity contribution < 1.29 is 24.3 Å². The zero-order valence-electron chi connectivity index (χ0n) is 38.5. The number of hydrogen-bond donors (Lipinski definition) is 6. The monoisotopic (exact) mass is 1010 g/mol. The van der Waals surface area contributed by atoms with Crippen LogP contribution in [0.4, 0.5) is 23.3 Å². The quantitative estimate of drug-likeness (QED) is 0.0524. The second-order valence-corrected chi connectivity index (χ2v) is 14.8. The number of fused-ring (bicyclic) bond motifs is 4. The first-order valence-electron chi connectivity index (χ1n) is 21.2. The molecule has 0 spiro atoms. The fourth-order valence-electron chi connectivity index (χ4n) is 6.22. The van der Waals surface area contributed by atoms with Gasteiger partial charge in [0.15, 0.2) is 0 Å². The molecule has 4 aromatic carbocycles. The number of nitriles is 1. The third kappa shape index (κ3) is 18.3. The van der Waals surface area contributed by atoms with E-state index in [2.05, 4.69) is 107 Å². The van der Waals surface area contributed by atoms with Gasteiger partial charge in [0.05, 0.1) is 33.7 Å². The summed E-state index contributed by atoms with van der Waals surface area (Å²) in [7, 11) is 0. The smallest absolute Gasteiger partial charge is 0.512 e. The summed E-state index contributed by atoms with van der Waals surface area (Å²) in [6, 6.07) is 41.9. The van der Waals surface area contributed by atoms with Gasteiger partial charge in [0.25, 0.3) is 0 Å². The Kier molecular flexibility index (Phi) is 25.7. The van der Waals surface area contributed by atoms with Crippen LogP contribution in [-0.2, 0) is 37.4 Å². The average molecular weight is 1010 g/mol. The van der Waals surface area contributed by atoms with Crippen molar-refractivity contribution in [1.29, 1.82) is 15.8 Å². The molecule has 0 saturated carbocycles. The molecule has 338 valence electrons. The largest absolute Gasteiger partial charge is 2.00 e. The summed E-state index contributed by atoms with van der Waals surface area (Å²) in [5.41, 5.74) is 12.4. The predicted molar refractivity (Wildman–Crippen MR) is 271 cm³/mol. The number of amides is 1. The first-order valence-corrected chi connectivity index (χ1v) is 22.0. The van der Waals surface area contributed by atoms with Gasteiger partial charge in [-0.2, -0.15) is 5.26 Å². The minimum absolute atomic E-state index is 0. The van der Waals surface area contributed by atoms with Crippen LogP contribution in [0.2, 0.25) is 0 Å². The predicted octanol–water partition coefficient (Wildman–Crippen LogP) is 10.6. The van der Waals surface area contributed by atoms with Crippen molar-refractivity contribution in [1.82, 2.24) is 25.3 Å². The van der Waals surface area contributed by atoms with Gasteiger partial charge in [-0.3, -0.25) is 4.79 Å². The molecule has 0 aliphatic heterocycles. The fraction of sp³-hybridized carbons (Fsp3) is 0.216. The summed E-state index contributed by atoms with van der Waals surface area (Å²) in [6.45, 7) is 23.8. The normalized spacial score (nSPS) is 9.58. The second-order valence-electron chi connectivity index (χ2n) is 13.9. The summed E-state index contributed by atoms with van der Waals surface area (Å²) in [4.78, 5) is 28.8. The average Bonchev–Trinajstić information content (AvgIpc) is 3.35. The number of halogens is 1. The van der Waals surface area contributed by atoms with Crippen molar-refractivity contribution in [3.63, 3.8) is 0 Å². The summed E-state index contributed by atoms with van der Waals surface area (Å²) in [5, 5.41) is 41.1. The van der Waals surface area contributed by atoms with E-state index in [4.69, 9.17) is 34.7 Å². The van der Waals surface area contributed by atoms with Crippen molar-refractivity contribution in [2.45, 2.75) is 47.7 Å². The minimum atomic E-state index is -0.0179. The zero-order valence-corrected chi connectivity index (χ0v) is 43.0. The van der Waals surface area contributed by atoms with Gasteiger partial charge in [-0.25, -0.2) is 19.9 Å². The van der Waals surface area contributed by atoms with Crippen LogP contribution >= 0.6 is 15.9 Å². The van der Waals surface area contributed by atoms with E-state index in [1.54, 1.807) is 6.07 Å². The van der Waals surface area contributed by atoms with Gasteiger partial charge in [-0.05, 0) is 148 Å². The van der Waals surface area contributed by atoms with Gasteiger partial charge in [0, 0.05) is 72.2 Å². The molecule has 0 aliphatic rings. The zero-order chi connectivity index (χ0) is 48.3. The molecule has 4 heterocycles. The molecule has 67 heavy (non-hydrogen) atoms. The van der Waals surface area contributed by atoms with Crippen molar-refractivity contribution in [2.75, 3.05) is 47.4 Å². The maximum absolute atomic E-state index is 10.9. The van der Waals surface area contributed by atoms with E-state index < -0.39 is 0 Å². The first kappa shape index (κ1) is 55.9. The van der Waals surface area contributed by atoms with Crippen LogP contribution in [0.3, 0.4) is 0 Å². The van der Waals surface area contributed by atoms with Crippen LogP contribution in [0.25, 0.3) is 43.6 Å². The van der Waals surface area contributed by atoms with E-state index in [0.717, 1.165) is 109 Å². The third-order valence-electron chi connectivity index (χ3n) is 9.19. The summed E-state index contributed by atoms with van der Waals surface area (Å²) in [6.07, 6.45) is 0. The molecule has 8 aromatic rings. The maximum Gasteiger partial charge on any atom is 2.00 e. The van der Waals surface area contributed by atoms with Gasteiger partial charge < -0.3 is 56.0 Å². The van der Waals surface area contributed by atoms with Crippen molar-refractivity contribution in [2.24, 2.45) is 5.73 Å². The third-order valence-corrected chi connectivity index (χ3v) is 9.68. The van der Waals surface area contributed by atoms with Crippen molar-refractivity contribution in [3.05, 3.63) is 156 Å². The molecule has 0 aliphatic carbocycles. The summed E-state index contributed by atoms with van der Waals surface area (Å²) in [5.74, 6) is 3.60. The molecule has 8 rings (SSSR count). The van der Waals surface area contributed by atoms with Gasteiger partial charge in [0.2, 0.25) is 5.91 Å². The number of nitrogens with one attached hydrogen (secondary N) is 5. The van der Waals surface area contributed by atoms with Crippen LogP contribution in [0, 0.1) is 35.0 Å². The van der Waals surface area contributed by atoms with Crippen LogP contribution in [0.15, 0.2) is 126 Å². The Morgan fingerprint density at radius 2 is 0.910 bits per heavy atom. The molecular formula is C51H54BrN13OZn. The molecule has 7 N–H and O–H groups in total. The van der Waals surface area contributed by atoms with E-state index in [-0.39, 0.29) is 25.4 Å². The van der Waals surface area contributed by atoms with Crippen LogP contribution < -0.4 is 32.3 Å². The number of carbonyl (C=O) groups excluding carboxylic acids is 1. The van der Waals surface area contributed by atoms with Crippen LogP contribution in [0.5, 0.6) is 0 Å². The summed E-state index contributed by atoms with van der Waals surface area (Å²) < 4.78 is 1.09. The molecule has 0 saturated heterocycles. The standard InChI is InChI=1S/C14H17N3O.C12H15N3.C12H11N3.C11H11BrN2.2CN.Zn/c1-3-15-14-7-5-12-8-11(9-16-10(2)18)4-6-13(12)17-14;2*1-2-14-12-6-4-10-7-9(8-13)3-5-11(10)15-12;1-2-13-11-6-3-8-7-9(12)4-5-10(8)14-11;2*1-2;/h4-8H,3,9H2,1-2H3,(H,15,17)(H,16,18);3-7H,2,8,13H2,1H3,(H,14,15);3-7H,2H2,1H3,(H,14,15);3-7H,2H2,1H3,(H,13,14);;;/q;;;;2*-1;+2. The van der Waals surface area contributed by atoms with E-state index in [0.29, 0.717) is 18.7 Å². The Morgan fingerprint density at radius 1 is 0.552 bits per heavy atom. The minimum Gasteiger partial charge on any atom is -0.512 e. The van der Waals surface area contributed by atoms with Crippen molar-refractivity contribution >= 4 is 88.7 Å². The SMILES string of the molecule is CCNc1ccc2cc(Br)ccc2n1.CCNc1ccc2cc(C#N)ccc2n1.CCNc1ccc2cc(CN)ccc2n1.CCNc1ccc2cc(CNC(C)=O)ccc2n1.[C-]#N.[C-]#N.[Zn+2]. The second kappa shape index (κ2) is 30.8. The molecule has 0 bridgehead atoms. The van der Waals surface area contributed by atoms with Gasteiger partial charge in [-0.15, -0.1) is 0 Å². The molecule has 4 aromatic heterocycles. The van der Waals surface area contributed by atoms with E-state index in [1.165, 1.54) is 6.92 Å². The number of benzene rings is 4. The number of aromatic nitrogens is 4. The fourth-order valence-corrected chi connectivity index (χ4v) is 6.60. The molecule has 14 nitrogen and oxygen atoms in total. The van der Waals surface area contributed by atoms with Crippen LogP contribution in [0.1, 0.15) is 51.3 Å². The molecular weight excluding hydrogens is 956 g/mol.